The third-order valence-corrected chi connectivity index (χ3v) is 0. The quantitative estimate of drug-likeness (QED) is 0.477. The molecule has 0 amide bonds. The van der Waals surface area contributed by atoms with Crippen molar-refractivity contribution in [2.45, 2.75) is 0 Å². The van der Waals surface area contributed by atoms with Crippen molar-refractivity contribution in [3.8, 4) is 0 Å². The Morgan fingerprint density at radius 3 is 0.556 bits per heavy atom. The summed E-state index contributed by atoms with van der Waals surface area (Å²) >= 11 is -2.24. The Kier molecular flexibility index (Phi) is 157. The van der Waals surface area contributed by atoms with Crippen LogP contribution in [-0.2, 0) is 0 Å². The van der Waals surface area contributed by atoms with Crippen LogP contribution in [0.4, 0.5) is 0 Å². The van der Waals surface area contributed by atoms with E-state index in [9.17, 15) is 0 Å². The van der Waals surface area contributed by atoms with E-state index in [0.717, 1.165) is 0 Å². The van der Waals surface area contributed by atoms with Crippen molar-refractivity contribution >= 4 is 16.9 Å². The predicted octanol–water partition coefficient (Wildman–Crippen LogP) is -2.06. The van der Waals surface area contributed by atoms with E-state index in [-0.39, 0.29) is 27.4 Å². The molecule has 0 radical (unpaired) electrons. The molecule has 0 aliphatic rings. The summed E-state index contributed by atoms with van der Waals surface area (Å²) in [6, 6.07) is 0. The van der Waals surface area contributed by atoms with Gasteiger partial charge in [-0.3, -0.25) is 0 Å². The zero-order valence-corrected chi connectivity index (χ0v) is 9.54. The van der Waals surface area contributed by atoms with Crippen LogP contribution >= 0.6 is 16.9 Å². The summed E-state index contributed by atoms with van der Waals surface area (Å²) in [7, 11) is 0. The van der Waals surface area contributed by atoms with Crippen LogP contribution in [0.15, 0.2) is 0 Å². The molecule has 0 aromatic heterocycles. The van der Waals surface area contributed by atoms with E-state index in [1.54, 1.807) is 0 Å². The molecular formula is H10CeCl3O5. The van der Waals surface area contributed by atoms with Gasteiger partial charge in [-0.05, 0) is 0 Å². The topological polar surface area (TPSA) is 158 Å². The van der Waals surface area contributed by atoms with Gasteiger partial charge >= 0.3 is 47.6 Å². The molecule has 10 N–H and O–H groups in total. The first-order valence-electron chi connectivity index (χ1n) is 0.567. The summed E-state index contributed by atoms with van der Waals surface area (Å²) in [5.74, 6) is 0. The molecule has 0 saturated heterocycles. The summed E-state index contributed by atoms with van der Waals surface area (Å²) in [5.41, 5.74) is 15.1. The SMILES string of the molecule is O.O.O.O.O.[Cl][Ce]([Cl])[Cl]. The van der Waals surface area contributed by atoms with Crippen molar-refractivity contribution in [1.82, 2.24) is 0 Å². The minimum atomic E-state index is -2.24. The Morgan fingerprint density at radius 2 is 0.556 bits per heavy atom. The molecule has 65 valence electrons. The first-order valence-corrected chi connectivity index (χ1v) is 12.4. The fraction of sp³-hybridized carbons (Fsp3) is 0. The van der Waals surface area contributed by atoms with Crippen molar-refractivity contribution in [3.63, 3.8) is 0 Å². The minimum absolute atomic E-state index is 0. The van der Waals surface area contributed by atoms with Crippen molar-refractivity contribution in [3.05, 3.63) is 0 Å². The summed E-state index contributed by atoms with van der Waals surface area (Å²) in [4.78, 5) is 0. The van der Waals surface area contributed by atoms with E-state index in [1.807, 2.05) is 0 Å². The summed E-state index contributed by atoms with van der Waals surface area (Å²) in [6.45, 7) is 0. The molecule has 0 aliphatic carbocycles. The molecule has 0 rings (SSSR count). The van der Waals surface area contributed by atoms with Crippen LogP contribution < -0.4 is 0 Å². The Labute approximate surface area is 73.7 Å². The second-order valence-corrected chi connectivity index (χ2v) is 14.0. The first kappa shape index (κ1) is 43.8. The van der Waals surface area contributed by atoms with Gasteiger partial charge in [0, 0.05) is 0 Å². The second-order valence-electron chi connectivity index (χ2n) is 0.214. The van der Waals surface area contributed by atoms with Crippen LogP contribution in [0.1, 0.15) is 0 Å². The van der Waals surface area contributed by atoms with Crippen LogP contribution in [-0.4, -0.2) is 27.4 Å². The molecule has 0 aliphatic heterocycles. The number of hydrogen-bond acceptors (Lipinski definition) is 0. The van der Waals surface area contributed by atoms with Crippen LogP contribution in [0.5, 0.6) is 0 Å². The number of rotatable bonds is 0. The van der Waals surface area contributed by atoms with Crippen molar-refractivity contribution in [2.24, 2.45) is 0 Å². The van der Waals surface area contributed by atoms with E-state index in [4.69, 9.17) is 16.9 Å². The average molecular weight is 337 g/mol. The summed E-state index contributed by atoms with van der Waals surface area (Å²) in [5, 5.41) is 0. The molecule has 0 unspecified atom stereocenters. The molecule has 0 bridgehead atoms. The molecule has 9 heavy (non-hydrogen) atoms. The first-order chi connectivity index (χ1) is 1.73. The molecular weight excluding hydrogens is 326 g/mol. The van der Waals surface area contributed by atoms with E-state index in [0.29, 0.717) is 0 Å². The number of halogens is 3. The fourth-order valence-electron chi connectivity index (χ4n) is 0. The van der Waals surface area contributed by atoms with E-state index in [2.05, 4.69) is 0 Å². The van der Waals surface area contributed by atoms with Gasteiger partial charge in [0.2, 0.25) is 0 Å². The molecule has 0 aromatic carbocycles. The standard InChI is InChI=1S/Ce.3ClH.5H2O/h;3*1H;5*1H2/q+3;;;;;;;;/p-3. The number of hydrogen-bond donors (Lipinski definition) is 0. The van der Waals surface area contributed by atoms with Crippen molar-refractivity contribution in [1.29, 1.82) is 0 Å². The maximum absolute atomic E-state index is 5.02. The van der Waals surface area contributed by atoms with Gasteiger partial charge in [0.25, 0.3) is 0 Å². The Balaban J connectivity index is -0.00000000450. The zero-order valence-electron chi connectivity index (χ0n) is 4.13. The Bertz CT molecular complexity index is 16.9. The zero-order chi connectivity index (χ0) is 3.58. The summed E-state index contributed by atoms with van der Waals surface area (Å²) < 4.78 is 0. The molecule has 0 atom stereocenters. The Morgan fingerprint density at radius 1 is 0.556 bits per heavy atom. The van der Waals surface area contributed by atoms with E-state index >= 15 is 0 Å². The monoisotopic (exact) mass is 335 g/mol. The van der Waals surface area contributed by atoms with Gasteiger partial charge in [0.15, 0.2) is 0 Å². The van der Waals surface area contributed by atoms with Crippen molar-refractivity contribution < 1.29 is 58.0 Å². The van der Waals surface area contributed by atoms with Gasteiger partial charge in [-0.1, -0.05) is 0 Å². The van der Waals surface area contributed by atoms with Crippen molar-refractivity contribution in [2.75, 3.05) is 0 Å². The van der Waals surface area contributed by atoms with E-state index in [1.165, 1.54) is 0 Å². The Hall–Kier alpha value is 2.05. The molecule has 0 spiro atoms. The predicted molar refractivity (Wildman–Crippen MR) is 35.6 cm³/mol. The second kappa shape index (κ2) is 32.3. The van der Waals surface area contributed by atoms with Gasteiger partial charge in [0.05, 0.1) is 0 Å². The van der Waals surface area contributed by atoms with Crippen LogP contribution in [0.25, 0.3) is 0 Å². The molecule has 0 aromatic rings. The maximum atomic E-state index is 5.02. The van der Waals surface area contributed by atoms with Gasteiger partial charge in [-0.25, -0.2) is 0 Å². The van der Waals surface area contributed by atoms with Crippen LogP contribution in [0.2, 0.25) is 0 Å². The average Bonchev–Trinajstić information content (AvgIpc) is 0.811. The third-order valence-electron chi connectivity index (χ3n) is 0. The molecule has 0 heterocycles. The third kappa shape index (κ3) is 155. The van der Waals surface area contributed by atoms with Gasteiger partial charge in [-0.15, -0.1) is 0 Å². The molecule has 9 heteroatoms. The summed E-state index contributed by atoms with van der Waals surface area (Å²) in [6.07, 6.45) is 0. The van der Waals surface area contributed by atoms with Gasteiger partial charge in [-0.2, -0.15) is 0 Å². The molecule has 0 saturated carbocycles. The van der Waals surface area contributed by atoms with E-state index < -0.39 is 30.7 Å². The molecule has 5 nitrogen and oxygen atoms in total. The van der Waals surface area contributed by atoms with Crippen LogP contribution in [0.3, 0.4) is 0 Å². The van der Waals surface area contributed by atoms with Crippen LogP contribution in [0, 0.1) is 30.7 Å². The fourth-order valence-corrected chi connectivity index (χ4v) is 0. The van der Waals surface area contributed by atoms with Gasteiger partial charge in [0.1, 0.15) is 0 Å². The normalized spacial score (nSPS) is 3.00. The van der Waals surface area contributed by atoms with Gasteiger partial charge < -0.3 is 27.4 Å². The molecule has 0 fully saturated rings.